The maximum absolute atomic E-state index is 8.90. The lowest BCUT2D eigenvalue weighted by atomic mass is 10.2. The molecule has 0 aromatic heterocycles. The van der Waals surface area contributed by atoms with Gasteiger partial charge in [0, 0.05) is 20.3 Å². The fourth-order valence-electron chi connectivity index (χ4n) is 0.882. The summed E-state index contributed by atoms with van der Waals surface area (Å²) < 4.78 is 4.96. The molecule has 11 heavy (non-hydrogen) atoms. The van der Waals surface area contributed by atoms with Crippen molar-refractivity contribution in [1.29, 1.82) is 0 Å². The summed E-state index contributed by atoms with van der Waals surface area (Å²) in [5, 5.41) is 12.0. The molecular formula is C8H19NO2. The molecule has 3 heteroatoms. The summed E-state index contributed by atoms with van der Waals surface area (Å²) in [6, 6.07) is 0. The molecule has 2 atom stereocenters. The van der Waals surface area contributed by atoms with Crippen LogP contribution in [0.5, 0.6) is 0 Å². The quantitative estimate of drug-likeness (QED) is 0.586. The molecule has 3 nitrogen and oxygen atoms in total. The molecule has 0 rings (SSSR count). The summed E-state index contributed by atoms with van der Waals surface area (Å²) in [4.78, 5) is 0. The molecule has 2 N–H and O–H groups in total. The number of methoxy groups -OCH3 is 1. The van der Waals surface area contributed by atoms with Gasteiger partial charge in [0.15, 0.2) is 0 Å². The van der Waals surface area contributed by atoms with Gasteiger partial charge in [0.2, 0.25) is 0 Å². The Morgan fingerprint density at radius 3 is 2.45 bits per heavy atom. The second-order valence-electron chi connectivity index (χ2n) is 3.07. The van der Waals surface area contributed by atoms with E-state index < -0.39 is 0 Å². The van der Waals surface area contributed by atoms with Crippen LogP contribution in [0, 0.1) is 5.92 Å². The summed E-state index contributed by atoms with van der Waals surface area (Å²) in [6.45, 7) is 6.21. The van der Waals surface area contributed by atoms with Crippen LogP contribution in [0.3, 0.4) is 0 Å². The van der Waals surface area contributed by atoms with E-state index in [2.05, 4.69) is 12.2 Å². The van der Waals surface area contributed by atoms with Gasteiger partial charge in [0.25, 0.3) is 0 Å². The van der Waals surface area contributed by atoms with Crippen molar-refractivity contribution in [3.05, 3.63) is 0 Å². The Morgan fingerprint density at radius 1 is 1.36 bits per heavy atom. The van der Waals surface area contributed by atoms with Crippen molar-refractivity contribution in [2.45, 2.75) is 20.0 Å². The van der Waals surface area contributed by atoms with Gasteiger partial charge in [-0.3, -0.25) is 0 Å². The van der Waals surface area contributed by atoms with Gasteiger partial charge in [0.1, 0.15) is 0 Å². The van der Waals surface area contributed by atoms with Crippen molar-refractivity contribution in [1.82, 2.24) is 5.32 Å². The zero-order chi connectivity index (χ0) is 8.69. The van der Waals surface area contributed by atoms with Crippen molar-refractivity contribution in [2.75, 3.05) is 26.8 Å². The molecule has 0 saturated carbocycles. The SMILES string of the molecule is COCC(C)CNC[C@H](C)O. The molecule has 0 aromatic rings. The predicted molar refractivity (Wildman–Crippen MR) is 45.6 cm³/mol. The third-order valence-corrected chi connectivity index (χ3v) is 1.38. The minimum absolute atomic E-state index is 0.259. The molecule has 0 fully saturated rings. The topological polar surface area (TPSA) is 41.5 Å². The van der Waals surface area contributed by atoms with Gasteiger partial charge in [0.05, 0.1) is 6.10 Å². The first-order valence-corrected chi connectivity index (χ1v) is 4.04. The Hall–Kier alpha value is -0.120. The molecule has 1 unspecified atom stereocenters. The zero-order valence-corrected chi connectivity index (χ0v) is 7.63. The highest BCUT2D eigenvalue weighted by atomic mass is 16.5. The van der Waals surface area contributed by atoms with Crippen LogP contribution in [-0.4, -0.2) is 38.0 Å². The second kappa shape index (κ2) is 6.58. The van der Waals surface area contributed by atoms with Crippen LogP contribution >= 0.6 is 0 Å². The van der Waals surface area contributed by atoms with Crippen molar-refractivity contribution >= 4 is 0 Å². The number of nitrogens with one attached hydrogen (secondary N) is 1. The summed E-state index contributed by atoms with van der Waals surface area (Å²) in [5.41, 5.74) is 0. The van der Waals surface area contributed by atoms with E-state index in [0.29, 0.717) is 12.5 Å². The molecular weight excluding hydrogens is 142 g/mol. The Kier molecular flexibility index (Phi) is 6.51. The molecule has 0 amide bonds. The van der Waals surface area contributed by atoms with Gasteiger partial charge < -0.3 is 15.2 Å². The van der Waals surface area contributed by atoms with Crippen molar-refractivity contribution in [3.8, 4) is 0 Å². The first-order chi connectivity index (χ1) is 5.16. The average molecular weight is 161 g/mol. The van der Waals surface area contributed by atoms with Gasteiger partial charge in [-0.05, 0) is 19.4 Å². The van der Waals surface area contributed by atoms with E-state index in [0.717, 1.165) is 13.2 Å². The highest BCUT2D eigenvalue weighted by Gasteiger charge is 2.00. The maximum atomic E-state index is 8.90. The van der Waals surface area contributed by atoms with Crippen molar-refractivity contribution in [3.63, 3.8) is 0 Å². The van der Waals surface area contributed by atoms with E-state index in [-0.39, 0.29) is 6.10 Å². The minimum Gasteiger partial charge on any atom is -0.392 e. The van der Waals surface area contributed by atoms with E-state index in [1.165, 1.54) is 0 Å². The molecule has 0 saturated heterocycles. The average Bonchev–Trinajstić information content (AvgIpc) is 1.87. The van der Waals surface area contributed by atoms with Crippen molar-refractivity contribution < 1.29 is 9.84 Å². The maximum Gasteiger partial charge on any atom is 0.0636 e. The Bertz CT molecular complexity index is 86.2. The lowest BCUT2D eigenvalue weighted by molar-refractivity contribution is 0.151. The first-order valence-electron chi connectivity index (χ1n) is 4.04. The summed E-state index contributed by atoms with van der Waals surface area (Å²) in [5.74, 6) is 0.513. The molecule has 0 bridgehead atoms. The van der Waals surface area contributed by atoms with Crippen LogP contribution in [0.4, 0.5) is 0 Å². The second-order valence-corrected chi connectivity index (χ2v) is 3.07. The van der Waals surface area contributed by atoms with E-state index in [1.54, 1.807) is 14.0 Å². The number of aliphatic hydroxyl groups is 1. The van der Waals surface area contributed by atoms with E-state index in [4.69, 9.17) is 9.84 Å². The Morgan fingerprint density at radius 2 is 2.00 bits per heavy atom. The monoisotopic (exact) mass is 161 g/mol. The lowest BCUT2D eigenvalue weighted by Gasteiger charge is -2.12. The van der Waals surface area contributed by atoms with Gasteiger partial charge in [-0.2, -0.15) is 0 Å². The summed E-state index contributed by atoms with van der Waals surface area (Å²) >= 11 is 0. The molecule has 0 aliphatic rings. The highest BCUT2D eigenvalue weighted by molar-refractivity contribution is 4.57. The smallest absolute Gasteiger partial charge is 0.0636 e. The van der Waals surface area contributed by atoms with Crippen LogP contribution in [-0.2, 0) is 4.74 Å². The molecule has 0 aliphatic carbocycles. The van der Waals surface area contributed by atoms with Crippen molar-refractivity contribution in [2.24, 2.45) is 5.92 Å². The van der Waals surface area contributed by atoms with Gasteiger partial charge in [-0.25, -0.2) is 0 Å². The standard InChI is InChI=1S/C8H19NO2/c1-7(6-11-3)4-9-5-8(2)10/h7-10H,4-6H2,1-3H3/t7?,8-/m0/s1. The van der Waals surface area contributed by atoms with E-state index >= 15 is 0 Å². The molecule has 0 aromatic carbocycles. The number of rotatable bonds is 6. The molecule has 0 radical (unpaired) electrons. The van der Waals surface area contributed by atoms with Gasteiger partial charge >= 0.3 is 0 Å². The molecule has 0 heterocycles. The van der Waals surface area contributed by atoms with E-state index in [9.17, 15) is 0 Å². The van der Waals surface area contributed by atoms with E-state index in [1.807, 2.05) is 0 Å². The summed E-state index contributed by atoms with van der Waals surface area (Å²) in [7, 11) is 1.70. The highest BCUT2D eigenvalue weighted by Crippen LogP contribution is 1.91. The van der Waals surface area contributed by atoms with Crippen LogP contribution in [0.25, 0.3) is 0 Å². The molecule has 68 valence electrons. The van der Waals surface area contributed by atoms with Gasteiger partial charge in [-0.15, -0.1) is 0 Å². The lowest BCUT2D eigenvalue weighted by Crippen LogP contribution is -2.29. The molecule has 0 aliphatic heterocycles. The fraction of sp³-hybridized carbons (Fsp3) is 1.00. The Labute approximate surface area is 68.8 Å². The van der Waals surface area contributed by atoms with Crippen LogP contribution in [0.15, 0.2) is 0 Å². The van der Waals surface area contributed by atoms with Crippen LogP contribution in [0.1, 0.15) is 13.8 Å². The van der Waals surface area contributed by atoms with Gasteiger partial charge in [-0.1, -0.05) is 6.92 Å². The zero-order valence-electron chi connectivity index (χ0n) is 7.63. The first kappa shape index (κ1) is 10.9. The third-order valence-electron chi connectivity index (χ3n) is 1.38. The number of aliphatic hydroxyl groups excluding tert-OH is 1. The number of hydrogen-bond donors (Lipinski definition) is 2. The molecule has 0 spiro atoms. The largest absolute Gasteiger partial charge is 0.392 e. The summed E-state index contributed by atoms with van der Waals surface area (Å²) in [6.07, 6.45) is -0.259. The van der Waals surface area contributed by atoms with Crippen LogP contribution < -0.4 is 5.32 Å². The minimum atomic E-state index is -0.259. The number of ether oxygens (including phenoxy) is 1. The Balaban J connectivity index is 3.10. The number of hydrogen-bond acceptors (Lipinski definition) is 3. The predicted octanol–water partition coefficient (Wildman–Crippen LogP) is 0.239. The third kappa shape index (κ3) is 7.78. The normalized spacial score (nSPS) is 16.4. The van der Waals surface area contributed by atoms with Crippen LogP contribution in [0.2, 0.25) is 0 Å². The fourth-order valence-corrected chi connectivity index (χ4v) is 0.882.